The lowest BCUT2D eigenvalue weighted by atomic mass is 10.1. The van der Waals surface area contributed by atoms with E-state index < -0.39 is 0 Å². The Balaban J connectivity index is -0.000000152. The SMILES string of the molecule is CC.CC.CC(=O)CCCCCCCCN.[HH]. The standard InChI is InChI=1S/C10H21NO.2C2H6.H2/c1-10(12)8-6-4-2-3-5-7-9-11;2*1-2;/h2-9,11H2,1H3;2*1-2H3;1H. The summed E-state index contributed by atoms with van der Waals surface area (Å²) in [5.41, 5.74) is 5.36. The van der Waals surface area contributed by atoms with E-state index in [0.717, 1.165) is 25.8 Å². The zero-order valence-electron chi connectivity index (χ0n) is 12.1. The predicted octanol–water partition coefficient (Wildman–Crippen LogP) is 4.56. The van der Waals surface area contributed by atoms with Crippen LogP contribution >= 0.6 is 0 Å². The van der Waals surface area contributed by atoms with Crippen LogP contribution in [0.5, 0.6) is 0 Å². The number of hydrogen-bond acceptors (Lipinski definition) is 2. The Labute approximate surface area is 104 Å². The molecule has 0 saturated heterocycles. The maximum Gasteiger partial charge on any atom is 0.129 e. The average molecular weight is 233 g/mol. The summed E-state index contributed by atoms with van der Waals surface area (Å²) in [7, 11) is 0. The quantitative estimate of drug-likeness (QED) is 0.624. The van der Waals surface area contributed by atoms with Gasteiger partial charge in [-0.2, -0.15) is 0 Å². The lowest BCUT2D eigenvalue weighted by molar-refractivity contribution is -0.117. The molecule has 0 heterocycles. The van der Waals surface area contributed by atoms with Crippen LogP contribution in [-0.2, 0) is 4.79 Å². The van der Waals surface area contributed by atoms with E-state index >= 15 is 0 Å². The zero-order valence-corrected chi connectivity index (χ0v) is 12.1. The van der Waals surface area contributed by atoms with Gasteiger partial charge in [0.2, 0.25) is 0 Å². The Morgan fingerprint density at radius 1 is 0.875 bits per heavy atom. The minimum absolute atomic E-state index is 0. The third-order valence-corrected chi connectivity index (χ3v) is 1.98. The molecule has 0 amide bonds. The number of carbonyl (C=O) groups is 1. The van der Waals surface area contributed by atoms with Gasteiger partial charge in [0.05, 0.1) is 0 Å². The largest absolute Gasteiger partial charge is 0.330 e. The molecule has 2 nitrogen and oxygen atoms in total. The highest BCUT2D eigenvalue weighted by Gasteiger charge is 1.93. The highest BCUT2D eigenvalue weighted by atomic mass is 16.1. The number of carbonyl (C=O) groups excluding carboxylic acids is 1. The van der Waals surface area contributed by atoms with Crippen molar-refractivity contribution < 1.29 is 6.22 Å². The Morgan fingerprint density at radius 3 is 1.62 bits per heavy atom. The van der Waals surface area contributed by atoms with Gasteiger partial charge in [0.1, 0.15) is 5.78 Å². The van der Waals surface area contributed by atoms with Crippen molar-refractivity contribution in [3.05, 3.63) is 0 Å². The maximum absolute atomic E-state index is 10.6. The molecule has 2 N–H and O–H groups in total. The Kier molecular flexibility index (Phi) is 31.5. The summed E-state index contributed by atoms with van der Waals surface area (Å²) < 4.78 is 0. The fraction of sp³-hybridized carbons (Fsp3) is 0.929. The monoisotopic (exact) mass is 233 g/mol. The molecule has 0 aromatic rings. The van der Waals surface area contributed by atoms with Gasteiger partial charge in [0.15, 0.2) is 0 Å². The molecule has 0 atom stereocenters. The van der Waals surface area contributed by atoms with Gasteiger partial charge in [-0.1, -0.05) is 53.4 Å². The Morgan fingerprint density at radius 2 is 1.25 bits per heavy atom. The van der Waals surface area contributed by atoms with Crippen LogP contribution in [0, 0.1) is 0 Å². The summed E-state index contributed by atoms with van der Waals surface area (Å²) in [4.78, 5) is 10.6. The van der Waals surface area contributed by atoms with E-state index in [1.807, 2.05) is 27.7 Å². The summed E-state index contributed by atoms with van der Waals surface area (Å²) in [5.74, 6) is 0.317. The Hall–Kier alpha value is -0.370. The van der Waals surface area contributed by atoms with E-state index in [1.165, 1.54) is 25.7 Å². The second-order valence-corrected chi connectivity index (χ2v) is 3.36. The van der Waals surface area contributed by atoms with E-state index in [2.05, 4.69) is 0 Å². The molecule has 0 aliphatic carbocycles. The highest BCUT2D eigenvalue weighted by molar-refractivity contribution is 5.75. The van der Waals surface area contributed by atoms with E-state index in [9.17, 15) is 4.79 Å². The number of hydrogen-bond donors (Lipinski definition) is 1. The average Bonchev–Trinajstić information content (AvgIpc) is 2.33. The highest BCUT2D eigenvalue weighted by Crippen LogP contribution is 2.06. The zero-order chi connectivity index (χ0) is 13.2. The first-order valence-electron chi connectivity index (χ1n) is 6.97. The summed E-state index contributed by atoms with van der Waals surface area (Å²) in [6.45, 7) is 10.5. The molecule has 0 aromatic heterocycles. The van der Waals surface area contributed by atoms with E-state index in [4.69, 9.17) is 5.73 Å². The molecule has 0 radical (unpaired) electrons. The molecule has 0 spiro atoms. The number of Topliss-reactive ketones (excluding diaryl/α,β-unsaturated/α-hetero) is 1. The van der Waals surface area contributed by atoms with Gasteiger partial charge in [-0.15, -0.1) is 0 Å². The van der Waals surface area contributed by atoms with E-state index in [1.54, 1.807) is 6.92 Å². The molecule has 0 aliphatic heterocycles. The van der Waals surface area contributed by atoms with Crippen LogP contribution in [0.3, 0.4) is 0 Å². The first-order valence-corrected chi connectivity index (χ1v) is 6.97. The van der Waals surface area contributed by atoms with Crippen LogP contribution in [0.25, 0.3) is 0 Å². The minimum atomic E-state index is 0. The third-order valence-electron chi connectivity index (χ3n) is 1.98. The second-order valence-electron chi connectivity index (χ2n) is 3.36. The molecule has 2 heteroatoms. The van der Waals surface area contributed by atoms with Crippen LogP contribution in [0.2, 0.25) is 0 Å². The molecule has 0 aliphatic rings. The van der Waals surface area contributed by atoms with Gasteiger partial charge in [-0.3, -0.25) is 0 Å². The molecule has 0 aromatic carbocycles. The van der Waals surface area contributed by atoms with Crippen LogP contribution in [0.15, 0.2) is 0 Å². The van der Waals surface area contributed by atoms with Crippen molar-refractivity contribution in [3.8, 4) is 0 Å². The number of nitrogens with two attached hydrogens (primary N) is 1. The van der Waals surface area contributed by atoms with Crippen molar-refractivity contribution in [1.29, 1.82) is 0 Å². The lowest BCUT2D eigenvalue weighted by Gasteiger charge is -1.98. The Bertz CT molecular complexity index is 119. The van der Waals surface area contributed by atoms with E-state index in [-0.39, 0.29) is 1.43 Å². The number of ketones is 1. The van der Waals surface area contributed by atoms with Crippen LogP contribution < -0.4 is 5.73 Å². The third kappa shape index (κ3) is 29.2. The molecular formula is C14H35NO. The van der Waals surface area contributed by atoms with Crippen LogP contribution in [-0.4, -0.2) is 12.3 Å². The molecule has 0 rings (SSSR count). The smallest absolute Gasteiger partial charge is 0.129 e. The molecule has 0 bridgehead atoms. The summed E-state index contributed by atoms with van der Waals surface area (Å²) in [5, 5.41) is 0. The van der Waals surface area contributed by atoms with Gasteiger partial charge in [0.25, 0.3) is 0 Å². The van der Waals surface area contributed by atoms with Gasteiger partial charge in [-0.05, 0) is 26.3 Å². The fourth-order valence-electron chi connectivity index (χ4n) is 1.23. The molecule has 0 fully saturated rings. The molecular weight excluding hydrogens is 198 g/mol. The van der Waals surface area contributed by atoms with E-state index in [0.29, 0.717) is 5.78 Å². The maximum atomic E-state index is 10.6. The second kappa shape index (κ2) is 24.1. The minimum Gasteiger partial charge on any atom is -0.330 e. The van der Waals surface area contributed by atoms with Crippen molar-refractivity contribution in [2.45, 2.75) is 79.6 Å². The lowest BCUT2D eigenvalue weighted by Crippen LogP contribution is -1.97. The van der Waals surface area contributed by atoms with Crippen molar-refractivity contribution in [2.24, 2.45) is 5.73 Å². The van der Waals surface area contributed by atoms with Gasteiger partial charge < -0.3 is 10.5 Å². The first-order chi connectivity index (χ1) is 7.77. The van der Waals surface area contributed by atoms with Crippen molar-refractivity contribution >= 4 is 5.78 Å². The van der Waals surface area contributed by atoms with Crippen LogP contribution in [0.1, 0.15) is 81.0 Å². The van der Waals surface area contributed by atoms with Crippen LogP contribution in [0.4, 0.5) is 0 Å². The molecule has 102 valence electrons. The van der Waals surface area contributed by atoms with Gasteiger partial charge in [0, 0.05) is 7.85 Å². The molecule has 0 saturated carbocycles. The first kappa shape index (κ1) is 21.0. The van der Waals surface area contributed by atoms with Crippen molar-refractivity contribution in [3.63, 3.8) is 0 Å². The van der Waals surface area contributed by atoms with Crippen molar-refractivity contribution in [2.75, 3.05) is 6.54 Å². The fourth-order valence-corrected chi connectivity index (χ4v) is 1.23. The topological polar surface area (TPSA) is 43.1 Å². The summed E-state index contributed by atoms with van der Waals surface area (Å²) >= 11 is 0. The summed E-state index contributed by atoms with van der Waals surface area (Å²) in [6, 6.07) is 0. The summed E-state index contributed by atoms with van der Waals surface area (Å²) in [6.07, 6.45) is 7.95. The predicted molar refractivity (Wildman–Crippen MR) is 76.9 cm³/mol. The van der Waals surface area contributed by atoms with Gasteiger partial charge >= 0.3 is 0 Å². The molecule has 16 heavy (non-hydrogen) atoms. The number of unbranched alkanes of at least 4 members (excludes halogenated alkanes) is 5. The van der Waals surface area contributed by atoms with Crippen molar-refractivity contribution in [1.82, 2.24) is 0 Å². The molecule has 0 unspecified atom stereocenters. The van der Waals surface area contributed by atoms with Gasteiger partial charge in [-0.25, -0.2) is 0 Å². The number of rotatable bonds is 8. The normalized spacial score (nSPS) is 8.38.